The molecule has 1 aromatic heterocycles. The average molecular weight is 293 g/mol. The fourth-order valence-corrected chi connectivity index (χ4v) is 3.09. The molecule has 1 amide bonds. The molecule has 1 atom stereocenters. The van der Waals surface area contributed by atoms with Crippen LogP contribution in [-0.4, -0.2) is 41.1 Å². The summed E-state index contributed by atoms with van der Waals surface area (Å²) in [5.41, 5.74) is 0.816. The van der Waals surface area contributed by atoms with E-state index in [0.29, 0.717) is 19.6 Å². The van der Waals surface area contributed by atoms with Gasteiger partial charge in [0.25, 0.3) is 0 Å². The van der Waals surface area contributed by atoms with Gasteiger partial charge in [-0.15, -0.1) is 0 Å². The molecule has 2 aliphatic rings. The lowest BCUT2D eigenvalue weighted by molar-refractivity contribution is -0.175. The standard InChI is InChI=1S/C15H23N3O3/c19-14(9-12-5-8-17-18-12)16-10-13-11-20-15(21-13)6-3-1-2-4-7-15/h5,8,13H,1-4,6-7,9-11H2,(H,16,19)(H,17,18)/t13-/m1/s1. The van der Waals surface area contributed by atoms with Crippen molar-refractivity contribution < 1.29 is 14.3 Å². The van der Waals surface area contributed by atoms with Gasteiger partial charge >= 0.3 is 0 Å². The Labute approximate surface area is 124 Å². The van der Waals surface area contributed by atoms with Crippen LogP contribution in [-0.2, 0) is 20.7 Å². The maximum Gasteiger partial charge on any atom is 0.226 e. The molecule has 0 bridgehead atoms. The van der Waals surface area contributed by atoms with Crippen LogP contribution in [0.25, 0.3) is 0 Å². The summed E-state index contributed by atoms with van der Waals surface area (Å²) in [4.78, 5) is 11.8. The van der Waals surface area contributed by atoms with Gasteiger partial charge in [0.15, 0.2) is 5.79 Å². The van der Waals surface area contributed by atoms with E-state index in [9.17, 15) is 4.79 Å². The van der Waals surface area contributed by atoms with E-state index < -0.39 is 0 Å². The Morgan fingerprint density at radius 3 is 2.90 bits per heavy atom. The zero-order valence-corrected chi connectivity index (χ0v) is 12.3. The van der Waals surface area contributed by atoms with Crippen LogP contribution in [0.5, 0.6) is 0 Å². The molecule has 1 spiro atoms. The van der Waals surface area contributed by atoms with Crippen LogP contribution in [0.1, 0.15) is 44.2 Å². The van der Waals surface area contributed by atoms with E-state index >= 15 is 0 Å². The number of H-pyrrole nitrogens is 1. The number of hydrogen-bond acceptors (Lipinski definition) is 4. The van der Waals surface area contributed by atoms with Crippen molar-refractivity contribution in [1.29, 1.82) is 0 Å². The average Bonchev–Trinajstić information content (AvgIpc) is 3.05. The Morgan fingerprint density at radius 2 is 2.19 bits per heavy atom. The highest BCUT2D eigenvalue weighted by Gasteiger charge is 2.41. The zero-order valence-electron chi connectivity index (χ0n) is 12.3. The Balaban J connectivity index is 1.43. The highest BCUT2D eigenvalue weighted by atomic mass is 16.7. The van der Waals surface area contributed by atoms with Crippen LogP contribution in [0.4, 0.5) is 0 Å². The monoisotopic (exact) mass is 293 g/mol. The van der Waals surface area contributed by atoms with E-state index in [4.69, 9.17) is 9.47 Å². The first-order valence-electron chi connectivity index (χ1n) is 7.82. The number of rotatable bonds is 4. The van der Waals surface area contributed by atoms with E-state index in [1.165, 1.54) is 25.7 Å². The van der Waals surface area contributed by atoms with Crippen LogP contribution in [0.3, 0.4) is 0 Å². The van der Waals surface area contributed by atoms with Gasteiger partial charge in [0, 0.05) is 31.3 Å². The molecular weight excluding hydrogens is 270 g/mol. The molecule has 2 fully saturated rings. The summed E-state index contributed by atoms with van der Waals surface area (Å²) in [7, 11) is 0. The van der Waals surface area contributed by atoms with E-state index in [-0.39, 0.29) is 17.8 Å². The molecule has 6 nitrogen and oxygen atoms in total. The quantitative estimate of drug-likeness (QED) is 0.883. The van der Waals surface area contributed by atoms with E-state index in [0.717, 1.165) is 18.5 Å². The van der Waals surface area contributed by atoms with Gasteiger partial charge in [0.2, 0.25) is 5.91 Å². The fraction of sp³-hybridized carbons (Fsp3) is 0.733. The smallest absolute Gasteiger partial charge is 0.226 e. The van der Waals surface area contributed by atoms with Gasteiger partial charge in [-0.2, -0.15) is 5.10 Å². The molecule has 1 saturated heterocycles. The molecule has 0 aromatic carbocycles. The van der Waals surface area contributed by atoms with Gasteiger partial charge in [-0.25, -0.2) is 0 Å². The van der Waals surface area contributed by atoms with Gasteiger partial charge in [-0.05, 0) is 18.9 Å². The van der Waals surface area contributed by atoms with Crippen LogP contribution < -0.4 is 5.32 Å². The summed E-state index contributed by atoms with van der Waals surface area (Å²) in [6, 6.07) is 1.80. The number of nitrogens with zero attached hydrogens (tertiary/aromatic N) is 1. The van der Waals surface area contributed by atoms with Crippen molar-refractivity contribution in [3.8, 4) is 0 Å². The number of carbonyl (C=O) groups excluding carboxylic acids is 1. The molecule has 1 aliphatic carbocycles. The van der Waals surface area contributed by atoms with Gasteiger partial charge in [-0.3, -0.25) is 9.89 Å². The Bertz CT molecular complexity index is 453. The van der Waals surface area contributed by atoms with Crippen molar-refractivity contribution in [2.24, 2.45) is 0 Å². The summed E-state index contributed by atoms with van der Waals surface area (Å²) in [6.07, 6.45) is 8.74. The minimum absolute atomic E-state index is 0.0235. The van der Waals surface area contributed by atoms with Crippen LogP contribution in [0.2, 0.25) is 0 Å². The largest absolute Gasteiger partial charge is 0.353 e. The van der Waals surface area contributed by atoms with E-state index in [2.05, 4.69) is 15.5 Å². The first-order valence-corrected chi connectivity index (χ1v) is 7.82. The zero-order chi connectivity index (χ0) is 14.5. The predicted molar refractivity (Wildman–Crippen MR) is 76.6 cm³/mol. The second kappa shape index (κ2) is 6.58. The third-order valence-corrected chi connectivity index (χ3v) is 4.22. The number of amides is 1. The second-order valence-electron chi connectivity index (χ2n) is 5.94. The summed E-state index contributed by atoms with van der Waals surface area (Å²) in [5.74, 6) is -0.403. The van der Waals surface area contributed by atoms with Gasteiger partial charge in [0.1, 0.15) is 6.10 Å². The van der Waals surface area contributed by atoms with Crippen molar-refractivity contribution in [2.45, 2.75) is 56.8 Å². The van der Waals surface area contributed by atoms with Crippen molar-refractivity contribution in [1.82, 2.24) is 15.5 Å². The van der Waals surface area contributed by atoms with Crippen LogP contribution >= 0.6 is 0 Å². The molecule has 3 rings (SSSR count). The molecule has 1 saturated carbocycles. The highest BCUT2D eigenvalue weighted by molar-refractivity contribution is 5.78. The van der Waals surface area contributed by atoms with Gasteiger partial charge < -0.3 is 14.8 Å². The van der Waals surface area contributed by atoms with Crippen LogP contribution in [0.15, 0.2) is 12.3 Å². The topological polar surface area (TPSA) is 76.2 Å². The summed E-state index contributed by atoms with van der Waals surface area (Å²) in [5, 5.41) is 9.52. The number of carbonyl (C=O) groups is 1. The van der Waals surface area contributed by atoms with Crippen molar-refractivity contribution in [2.75, 3.05) is 13.2 Å². The molecule has 2 N–H and O–H groups in total. The van der Waals surface area contributed by atoms with Crippen molar-refractivity contribution >= 4 is 5.91 Å². The lowest BCUT2D eigenvalue weighted by atomic mass is 10.1. The summed E-state index contributed by atoms with van der Waals surface area (Å²) >= 11 is 0. The first kappa shape index (κ1) is 14.5. The molecule has 1 aromatic rings. The molecule has 2 heterocycles. The minimum atomic E-state index is -0.380. The van der Waals surface area contributed by atoms with Crippen LogP contribution in [0, 0.1) is 0 Å². The van der Waals surface area contributed by atoms with Crippen molar-refractivity contribution in [3.63, 3.8) is 0 Å². The molecule has 21 heavy (non-hydrogen) atoms. The number of ether oxygens (including phenoxy) is 2. The highest BCUT2D eigenvalue weighted by Crippen LogP contribution is 2.36. The number of aromatic nitrogens is 2. The van der Waals surface area contributed by atoms with E-state index in [1.54, 1.807) is 12.3 Å². The first-order chi connectivity index (χ1) is 10.3. The third kappa shape index (κ3) is 3.83. The number of hydrogen-bond donors (Lipinski definition) is 2. The third-order valence-electron chi connectivity index (χ3n) is 4.22. The second-order valence-corrected chi connectivity index (χ2v) is 5.94. The van der Waals surface area contributed by atoms with Gasteiger partial charge in [-0.1, -0.05) is 12.8 Å². The number of aromatic amines is 1. The maximum atomic E-state index is 11.8. The normalized spacial score (nSPS) is 24.9. The molecule has 0 unspecified atom stereocenters. The molecule has 116 valence electrons. The predicted octanol–water partition coefficient (Wildman–Crippen LogP) is 1.53. The minimum Gasteiger partial charge on any atom is -0.353 e. The summed E-state index contributed by atoms with van der Waals surface area (Å²) in [6.45, 7) is 1.08. The Hall–Kier alpha value is -1.40. The van der Waals surface area contributed by atoms with Crippen molar-refractivity contribution in [3.05, 3.63) is 18.0 Å². The molecule has 1 aliphatic heterocycles. The fourth-order valence-electron chi connectivity index (χ4n) is 3.09. The Morgan fingerprint density at radius 1 is 1.38 bits per heavy atom. The van der Waals surface area contributed by atoms with Gasteiger partial charge in [0.05, 0.1) is 13.0 Å². The molecule has 6 heteroatoms. The maximum absolute atomic E-state index is 11.8. The lowest BCUT2D eigenvalue weighted by Crippen LogP contribution is -2.36. The Kier molecular flexibility index (Phi) is 4.55. The van der Waals surface area contributed by atoms with E-state index in [1.807, 2.05) is 0 Å². The summed E-state index contributed by atoms with van der Waals surface area (Å²) < 4.78 is 12.0. The molecular formula is C15H23N3O3. The molecule has 0 radical (unpaired) electrons. The SMILES string of the molecule is O=C(Cc1ccn[nH]1)NC[C@@H]1COC2(CCCCCC2)O1. The lowest BCUT2D eigenvalue weighted by Gasteiger charge is -2.26. The number of nitrogens with one attached hydrogen (secondary N) is 2.